The lowest BCUT2D eigenvalue weighted by atomic mass is 10.1. The second-order valence-electron chi connectivity index (χ2n) is 5.66. The van der Waals surface area contributed by atoms with Crippen LogP contribution in [0, 0.1) is 13.8 Å². The van der Waals surface area contributed by atoms with Crippen LogP contribution in [0.15, 0.2) is 24.3 Å². The summed E-state index contributed by atoms with van der Waals surface area (Å²) in [5.41, 5.74) is 3.12. The summed E-state index contributed by atoms with van der Waals surface area (Å²) in [5, 5.41) is 14.5. The van der Waals surface area contributed by atoms with E-state index in [-0.39, 0.29) is 5.91 Å². The van der Waals surface area contributed by atoms with Crippen LogP contribution in [-0.2, 0) is 6.54 Å². The molecule has 0 saturated carbocycles. The fourth-order valence-corrected chi connectivity index (χ4v) is 2.92. The lowest BCUT2D eigenvalue weighted by Crippen LogP contribution is -2.53. The second-order valence-corrected chi connectivity index (χ2v) is 6.07. The third-order valence-electron chi connectivity index (χ3n) is 4.02. The highest BCUT2D eigenvalue weighted by Gasteiger charge is 2.32. The van der Waals surface area contributed by atoms with Crippen molar-refractivity contribution in [3.05, 3.63) is 51.8 Å². The minimum atomic E-state index is -0.400. The van der Waals surface area contributed by atoms with Gasteiger partial charge in [-0.05, 0) is 25.5 Å². The third-order valence-corrected chi connectivity index (χ3v) is 4.39. The van der Waals surface area contributed by atoms with Crippen LogP contribution in [0.4, 0.5) is 0 Å². The van der Waals surface area contributed by atoms with Crippen molar-refractivity contribution in [2.75, 3.05) is 13.1 Å². The predicted octanol–water partition coefficient (Wildman–Crippen LogP) is 2.02. The number of nitrogens with zero attached hydrogens (tertiary/aromatic N) is 3. The fraction of sp³-hybridized carbons (Fsp3) is 0.375. The van der Waals surface area contributed by atoms with Crippen LogP contribution >= 0.6 is 11.6 Å². The molecular formula is C16H18ClN3O2. The number of carbonyl (C=O) groups is 1. The molecule has 2 aromatic rings. The van der Waals surface area contributed by atoms with E-state index in [1.165, 1.54) is 0 Å². The average molecular weight is 320 g/mol. The van der Waals surface area contributed by atoms with Crippen LogP contribution in [0.25, 0.3) is 0 Å². The van der Waals surface area contributed by atoms with Crippen molar-refractivity contribution < 1.29 is 9.90 Å². The Morgan fingerprint density at radius 1 is 1.36 bits per heavy atom. The SMILES string of the molecule is Cc1nn(Cc2ccccc2Cl)c(C)c1C(=O)N1CC(O)C1. The van der Waals surface area contributed by atoms with E-state index in [0.717, 1.165) is 11.3 Å². The molecule has 0 atom stereocenters. The highest BCUT2D eigenvalue weighted by Crippen LogP contribution is 2.22. The summed E-state index contributed by atoms with van der Waals surface area (Å²) in [7, 11) is 0. The number of carbonyl (C=O) groups excluding carboxylic acids is 1. The van der Waals surface area contributed by atoms with Crippen molar-refractivity contribution in [1.29, 1.82) is 0 Å². The Hall–Kier alpha value is -1.85. The molecule has 5 nitrogen and oxygen atoms in total. The number of β-amino-alcohol motifs (C(OH)–C–C–N with tert-alkyl or cyclic N) is 1. The number of likely N-dealkylation sites (tertiary alicyclic amines) is 1. The highest BCUT2D eigenvalue weighted by atomic mass is 35.5. The normalized spacial score (nSPS) is 15.0. The third kappa shape index (κ3) is 2.62. The molecule has 0 aliphatic carbocycles. The van der Waals surface area contributed by atoms with Gasteiger partial charge in [0.1, 0.15) is 0 Å². The Morgan fingerprint density at radius 3 is 2.68 bits per heavy atom. The van der Waals surface area contributed by atoms with E-state index in [4.69, 9.17) is 11.6 Å². The van der Waals surface area contributed by atoms with Gasteiger partial charge in [0, 0.05) is 23.8 Å². The molecule has 0 radical (unpaired) electrons. The first kappa shape index (κ1) is 15.1. The van der Waals surface area contributed by atoms with E-state index in [2.05, 4.69) is 5.10 Å². The van der Waals surface area contributed by atoms with Crippen LogP contribution in [0.1, 0.15) is 27.3 Å². The lowest BCUT2D eigenvalue weighted by Gasteiger charge is -2.35. The van der Waals surface area contributed by atoms with Gasteiger partial charge in [0.05, 0.1) is 23.9 Å². The van der Waals surface area contributed by atoms with Crippen molar-refractivity contribution >= 4 is 17.5 Å². The van der Waals surface area contributed by atoms with Crippen LogP contribution in [0.5, 0.6) is 0 Å². The van der Waals surface area contributed by atoms with E-state index < -0.39 is 6.10 Å². The van der Waals surface area contributed by atoms with Gasteiger partial charge in [-0.2, -0.15) is 5.10 Å². The van der Waals surface area contributed by atoms with Crippen molar-refractivity contribution in [1.82, 2.24) is 14.7 Å². The first-order chi connectivity index (χ1) is 10.5. The summed E-state index contributed by atoms with van der Waals surface area (Å²) in [6.45, 7) is 5.04. The molecule has 1 aromatic heterocycles. The minimum absolute atomic E-state index is 0.0642. The first-order valence-electron chi connectivity index (χ1n) is 7.22. The van der Waals surface area contributed by atoms with Crippen molar-refractivity contribution in [3.8, 4) is 0 Å². The zero-order valence-electron chi connectivity index (χ0n) is 12.6. The first-order valence-corrected chi connectivity index (χ1v) is 7.60. The largest absolute Gasteiger partial charge is 0.389 e. The number of amides is 1. The number of benzene rings is 1. The zero-order chi connectivity index (χ0) is 15.9. The van der Waals surface area contributed by atoms with Crippen LogP contribution < -0.4 is 0 Å². The van der Waals surface area contributed by atoms with Gasteiger partial charge in [-0.3, -0.25) is 9.48 Å². The molecule has 22 heavy (non-hydrogen) atoms. The zero-order valence-corrected chi connectivity index (χ0v) is 13.3. The molecule has 2 heterocycles. The van der Waals surface area contributed by atoms with Gasteiger partial charge in [-0.1, -0.05) is 29.8 Å². The Morgan fingerprint density at radius 2 is 2.05 bits per heavy atom. The number of halogens is 1. The monoisotopic (exact) mass is 319 g/mol. The predicted molar refractivity (Wildman–Crippen MR) is 84.2 cm³/mol. The summed E-state index contributed by atoms with van der Waals surface area (Å²) < 4.78 is 1.81. The molecule has 1 saturated heterocycles. The Bertz CT molecular complexity index is 720. The molecule has 6 heteroatoms. The molecule has 1 amide bonds. The molecule has 0 unspecified atom stereocenters. The molecule has 1 aromatic carbocycles. The van der Waals surface area contributed by atoms with Gasteiger partial charge in [0.25, 0.3) is 5.91 Å². The summed E-state index contributed by atoms with van der Waals surface area (Å²) in [4.78, 5) is 14.1. The number of aromatic nitrogens is 2. The van der Waals surface area contributed by atoms with Gasteiger partial charge < -0.3 is 10.0 Å². The number of aryl methyl sites for hydroxylation is 1. The summed E-state index contributed by atoms with van der Waals surface area (Å²) in [6, 6.07) is 7.61. The quantitative estimate of drug-likeness (QED) is 0.941. The number of aliphatic hydroxyl groups is 1. The second kappa shape index (κ2) is 5.74. The number of rotatable bonds is 3. The van der Waals surface area contributed by atoms with Gasteiger partial charge in [-0.25, -0.2) is 0 Å². The topological polar surface area (TPSA) is 58.4 Å². The molecular weight excluding hydrogens is 302 g/mol. The van der Waals surface area contributed by atoms with E-state index >= 15 is 0 Å². The van der Waals surface area contributed by atoms with Gasteiger partial charge >= 0.3 is 0 Å². The minimum Gasteiger partial charge on any atom is -0.389 e. The number of hydrogen-bond donors (Lipinski definition) is 1. The van der Waals surface area contributed by atoms with Crippen molar-refractivity contribution in [2.45, 2.75) is 26.5 Å². The van der Waals surface area contributed by atoms with Crippen molar-refractivity contribution in [3.63, 3.8) is 0 Å². The van der Waals surface area contributed by atoms with E-state index in [0.29, 0.717) is 35.9 Å². The van der Waals surface area contributed by atoms with E-state index in [1.807, 2.05) is 38.1 Å². The Kier molecular flexibility index (Phi) is 3.93. The molecule has 0 spiro atoms. The number of aliphatic hydroxyl groups excluding tert-OH is 1. The Labute approximate surface area is 134 Å². The summed E-state index contributed by atoms with van der Waals surface area (Å²) >= 11 is 6.19. The maximum absolute atomic E-state index is 12.5. The molecule has 116 valence electrons. The average Bonchev–Trinajstić information content (AvgIpc) is 2.72. The fourth-order valence-electron chi connectivity index (χ4n) is 2.73. The molecule has 3 rings (SSSR count). The maximum atomic E-state index is 12.5. The number of hydrogen-bond acceptors (Lipinski definition) is 3. The lowest BCUT2D eigenvalue weighted by molar-refractivity contribution is 0.00578. The molecule has 1 aliphatic heterocycles. The molecule has 1 N–H and O–H groups in total. The van der Waals surface area contributed by atoms with Gasteiger partial charge in [0.15, 0.2) is 0 Å². The van der Waals surface area contributed by atoms with Crippen molar-refractivity contribution in [2.24, 2.45) is 0 Å². The highest BCUT2D eigenvalue weighted by molar-refractivity contribution is 6.31. The molecule has 1 aliphatic rings. The van der Waals surface area contributed by atoms with Gasteiger partial charge in [-0.15, -0.1) is 0 Å². The van der Waals surface area contributed by atoms with E-state index in [1.54, 1.807) is 9.58 Å². The van der Waals surface area contributed by atoms with Crippen LogP contribution in [0.3, 0.4) is 0 Å². The van der Waals surface area contributed by atoms with Crippen LogP contribution in [-0.4, -0.2) is 44.9 Å². The van der Waals surface area contributed by atoms with E-state index in [9.17, 15) is 9.90 Å². The van der Waals surface area contributed by atoms with Gasteiger partial charge in [0.2, 0.25) is 0 Å². The summed E-state index contributed by atoms with van der Waals surface area (Å²) in [5.74, 6) is -0.0642. The van der Waals surface area contributed by atoms with Crippen LogP contribution in [0.2, 0.25) is 5.02 Å². The molecule has 0 bridgehead atoms. The molecule has 1 fully saturated rings. The summed E-state index contributed by atoms with van der Waals surface area (Å²) in [6.07, 6.45) is -0.400. The standard InChI is InChI=1S/C16H18ClN3O2/c1-10-15(16(22)19-8-13(21)9-19)11(2)20(18-10)7-12-5-3-4-6-14(12)17/h3-6,13,21H,7-9H2,1-2H3. The smallest absolute Gasteiger partial charge is 0.257 e. The maximum Gasteiger partial charge on any atom is 0.257 e. The Balaban J connectivity index is 1.87.